The van der Waals surface area contributed by atoms with Crippen molar-refractivity contribution in [2.75, 3.05) is 11.9 Å². The maximum absolute atomic E-state index is 10.7. The highest BCUT2D eigenvalue weighted by molar-refractivity contribution is 7.17. The van der Waals surface area contributed by atoms with Crippen LogP contribution >= 0.6 is 11.3 Å². The highest BCUT2D eigenvalue weighted by Crippen LogP contribution is 2.27. The van der Waals surface area contributed by atoms with Crippen molar-refractivity contribution in [2.24, 2.45) is 0 Å². The molecule has 0 aromatic carbocycles. The van der Waals surface area contributed by atoms with Crippen molar-refractivity contribution in [3.63, 3.8) is 0 Å². The van der Waals surface area contributed by atoms with Gasteiger partial charge in [-0.05, 0) is 12.1 Å². The molecule has 2 rings (SSSR count). The first-order valence-electron chi connectivity index (χ1n) is 4.51. The van der Waals surface area contributed by atoms with Crippen LogP contribution in [-0.4, -0.2) is 28.1 Å². The number of aromatic carboxylic acids is 1. The number of rotatable bonds is 3. The largest absolute Gasteiger partial charge is 0.477 e. The minimum Gasteiger partial charge on any atom is -0.477 e. The minimum absolute atomic E-state index is 0.228. The standard InChI is InChI=1S/C10H9N3O2S/c1-13(7-3-2-4-11-5-7)10-12-6-8(16-10)9(14)15/h2-6H,1H3,(H,14,15). The minimum atomic E-state index is -0.955. The molecule has 0 saturated carbocycles. The fourth-order valence-corrected chi connectivity index (χ4v) is 1.92. The molecule has 6 heteroatoms. The molecule has 16 heavy (non-hydrogen) atoms. The fourth-order valence-electron chi connectivity index (χ4n) is 1.18. The second kappa shape index (κ2) is 4.28. The summed E-state index contributed by atoms with van der Waals surface area (Å²) in [5.74, 6) is -0.955. The summed E-state index contributed by atoms with van der Waals surface area (Å²) in [4.78, 5) is 20.8. The van der Waals surface area contributed by atoms with Crippen LogP contribution in [-0.2, 0) is 0 Å². The molecule has 2 aromatic heterocycles. The molecule has 0 aliphatic carbocycles. The van der Waals surface area contributed by atoms with Gasteiger partial charge in [-0.3, -0.25) is 4.98 Å². The number of anilines is 2. The number of carboxylic acids is 1. The predicted octanol–water partition coefficient (Wildman–Crippen LogP) is 2.00. The highest BCUT2D eigenvalue weighted by atomic mass is 32.1. The number of pyridine rings is 1. The normalized spacial score (nSPS) is 10.1. The lowest BCUT2D eigenvalue weighted by Crippen LogP contribution is -2.08. The Morgan fingerprint density at radius 3 is 2.88 bits per heavy atom. The van der Waals surface area contributed by atoms with Crippen molar-refractivity contribution >= 4 is 28.1 Å². The molecule has 0 fully saturated rings. The van der Waals surface area contributed by atoms with Gasteiger partial charge in [-0.15, -0.1) is 0 Å². The zero-order valence-electron chi connectivity index (χ0n) is 8.49. The molecule has 82 valence electrons. The predicted molar refractivity (Wildman–Crippen MR) is 61.4 cm³/mol. The van der Waals surface area contributed by atoms with Gasteiger partial charge in [-0.1, -0.05) is 11.3 Å². The topological polar surface area (TPSA) is 66.3 Å². The third-order valence-electron chi connectivity index (χ3n) is 2.02. The molecule has 0 spiro atoms. The highest BCUT2D eigenvalue weighted by Gasteiger charge is 2.12. The Bertz CT molecular complexity index is 498. The van der Waals surface area contributed by atoms with Crippen molar-refractivity contribution in [3.8, 4) is 0 Å². The number of hydrogen-bond acceptors (Lipinski definition) is 5. The quantitative estimate of drug-likeness (QED) is 0.881. The van der Waals surface area contributed by atoms with Crippen LogP contribution in [0, 0.1) is 0 Å². The summed E-state index contributed by atoms with van der Waals surface area (Å²) in [6.07, 6.45) is 4.74. The second-order valence-corrected chi connectivity index (χ2v) is 4.09. The van der Waals surface area contributed by atoms with Gasteiger partial charge >= 0.3 is 5.97 Å². The third kappa shape index (κ3) is 2.01. The zero-order valence-corrected chi connectivity index (χ0v) is 9.31. The lowest BCUT2D eigenvalue weighted by molar-refractivity contribution is 0.0702. The molecule has 2 aromatic rings. The van der Waals surface area contributed by atoms with Gasteiger partial charge in [0.1, 0.15) is 4.88 Å². The van der Waals surface area contributed by atoms with E-state index in [1.807, 2.05) is 19.2 Å². The van der Waals surface area contributed by atoms with E-state index in [0.717, 1.165) is 17.0 Å². The number of thiazole rings is 1. The lowest BCUT2D eigenvalue weighted by Gasteiger charge is -2.14. The fraction of sp³-hybridized carbons (Fsp3) is 0.100. The molecule has 2 heterocycles. The number of carbonyl (C=O) groups is 1. The van der Waals surface area contributed by atoms with Gasteiger partial charge in [0, 0.05) is 13.2 Å². The summed E-state index contributed by atoms with van der Waals surface area (Å²) in [7, 11) is 1.82. The van der Waals surface area contributed by atoms with Crippen LogP contribution in [0.5, 0.6) is 0 Å². The maximum Gasteiger partial charge on any atom is 0.347 e. The van der Waals surface area contributed by atoms with Crippen LogP contribution in [0.4, 0.5) is 10.8 Å². The Balaban J connectivity index is 2.27. The van der Waals surface area contributed by atoms with Crippen LogP contribution in [0.2, 0.25) is 0 Å². The molecular formula is C10H9N3O2S. The number of aromatic nitrogens is 2. The first kappa shape index (κ1) is 10.6. The Kier molecular flexibility index (Phi) is 2.82. The van der Waals surface area contributed by atoms with E-state index in [-0.39, 0.29) is 4.88 Å². The summed E-state index contributed by atoms with van der Waals surface area (Å²) < 4.78 is 0. The van der Waals surface area contributed by atoms with Crippen molar-refractivity contribution in [1.29, 1.82) is 0 Å². The van der Waals surface area contributed by atoms with E-state index >= 15 is 0 Å². The van der Waals surface area contributed by atoms with E-state index in [9.17, 15) is 4.79 Å². The Hall–Kier alpha value is -1.95. The van der Waals surface area contributed by atoms with Gasteiger partial charge in [-0.25, -0.2) is 9.78 Å². The van der Waals surface area contributed by atoms with Gasteiger partial charge in [0.25, 0.3) is 0 Å². The molecule has 0 saturated heterocycles. The van der Waals surface area contributed by atoms with Crippen LogP contribution in [0.15, 0.2) is 30.7 Å². The van der Waals surface area contributed by atoms with Gasteiger partial charge in [0.2, 0.25) is 0 Å². The molecule has 1 N–H and O–H groups in total. The summed E-state index contributed by atoms with van der Waals surface area (Å²) >= 11 is 1.13. The van der Waals surface area contributed by atoms with E-state index in [1.165, 1.54) is 6.20 Å². The average Bonchev–Trinajstić information content (AvgIpc) is 2.78. The Morgan fingerprint density at radius 2 is 2.31 bits per heavy atom. The molecule has 0 amide bonds. The van der Waals surface area contributed by atoms with Crippen LogP contribution in [0.1, 0.15) is 9.67 Å². The van der Waals surface area contributed by atoms with Gasteiger partial charge in [-0.2, -0.15) is 0 Å². The van der Waals surface area contributed by atoms with E-state index in [1.54, 1.807) is 17.3 Å². The molecule has 5 nitrogen and oxygen atoms in total. The Labute approximate surface area is 96.0 Å². The maximum atomic E-state index is 10.7. The molecule has 0 radical (unpaired) electrons. The van der Waals surface area contributed by atoms with Crippen molar-refractivity contribution in [2.45, 2.75) is 0 Å². The molecule has 0 aliphatic heterocycles. The van der Waals surface area contributed by atoms with Gasteiger partial charge < -0.3 is 10.0 Å². The zero-order chi connectivity index (χ0) is 11.5. The molecule has 0 aliphatic rings. The summed E-state index contributed by atoms with van der Waals surface area (Å²) in [5, 5.41) is 9.42. The smallest absolute Gasteiger partial charge is 0.347 e. The third-order valence-corrected chi connectivity index (χ3v) is 3.09. The SMILES string of the molecule is CN(c1cccnc1)c1ncc(C(=O)O)s1. The molecular weight excluding hydrogens is 226 g/mol. The van der Waals surface area contributed by atoms with Crippen molar-refractivity contribution in [1.82, 2.24) is 9.97 Å². The summed E-state index contributed by atoms with van der Waals surface area (Å²) in [6, 6.07) is 3.70. The van der Waals surface area contributed by atoms with E-state index < -0.39 is 5.97 Å². The molecule has 0 atom stereocenters. The van der Waals surface area contributed by atoms with Crippen LogP contribution in [0.3, 0.4) is 0 Å². The van der Waals surface area contributed by atoms with Gasteiger partial charge in [0.05, 0.1) is 18.1 Å². The Morgan fingerprint density at radius 1 is 1.50 bits per heavy atom. The van der Waals surface area contributed by atoms with Crippen LogP contribution in [0.25, 0.3) is 0 Å². The van der Waals surface area contributed by atoms with Crippen molar-refractivity contribution in [3.05, 3.63) is 35.6 Å². The summed E-state index contributed by atoms with van der Waals surface area (Å²) in [6.45, 7) is 0. The second-order valence-electron chi connectivity index (χ2n) is 3.08. The first-order valence-corrected chi connectivity index (χ1v) is 5.33. The molecule has 0 unspecified atom stereocenters. The number of carboxylic acid groups (broad SMARTS) is 1. The van der Waals surface area contributed by atoms with E-state index in [4.69, 9.17) is 5.11 Å². The average molecular weight is 235 g/mol. The van der Waals surface area contributed by atoms with E-state index in [0.29, 0.717) is 5.13 Å². The monoisotopic (exact) mass is 235 g/mol. The first-order chi connectivity index (χ1) is 7.68. The summed E-state index contributed by atoms with van der Waals surface area (Å²) in [5.41, 5.74) is 0.869. The van der Waals surface area contributed by atoms with Crippen molar-refractivity contribution < 1.29 is 9.90 Å². The number of nitrogens with zero attached hydrogens (tertiary/aromatic N) is 3. The van der Waals surface area contributed by atoms with Gasteiger partial charge in [0.15, 0.2) is 5.13 Å². The van der Waals surface area contributed by atoms with E-state index in [2.05, 4.69) is 9.97 Å². The molecule has 0 bridgehead atoms. The lowest BCUT2D eigenvalue weighted by atomic mass is 10.4. The number of hydrogen-bond donors (Lipinski definition) is 1. The van der Waals surface area contributed by atoms with Crippen LogP contribution < -0.4 is 4.90 Å².